The van der Waals surface area contributed by atoms with Crippen molar-refractivity contribution in [2.24, 2.45) is 0 Å². The summed E-state index contributed by atoms with van der Waals surface area (Å²) in [4.78, 5) is 0. The Morgan fingerprint density at radius 1 is 0.484 bits per heavy atom. The summed E-state index contributed by atoms with van der Waals surface area (Å²) < 4.78 is 1.09. The van der Waals surface area contributed by atoms with Gasteiger partial charge in [-0.3, -0.25) is 0 Å². The third-order valence-electron chi connectivity index (χ3n) is 6.07. The Bertz CT molecular complexity index is 716. The van der Waals surface area contributed by atoms with Gasteiger partial charge in [0.05, 0.1) is 6.54 Å². The molecular formula is C29H38ClN. The van der Waals surface area contributed by atoms with Gasteiger partial charge in [-0.2, -0.15) is 0 Å². The SMILES string of the molecule is CCCCCCCC[N+](Cc1ccccc1)(Cc1ccccc1)Cc1ccccc1.[Cl-]. The summed E-state index contributed by atoms with van der Waals surface area (Å²) in [6, 6.07) is 33.2. The third-order valence-corrected chi connectivity index (χ3v) is 6.07. The fourth-order valence-corrected chi connectivity index (χ4v) is 4.54. The molecule has 3 aromatic rings. The van der Waals surface area contributed by atoms with Gasteiger partial charge < -0.3 is 16.9 Å². The van der Waals surface area contributed by atoms with Crippen LogP contribution in [0.15, 0.2) is 91.0 Å². The second kappa shape index (κ2) is 14.1. The van der Waals surface area contributed by atoms with Gasteiger partial charge in [0, 0.05) is 16.7 Å². The van der Waals surface area contributed by atoms with Crippen LogP contribution >= 0.6 is 0 Å². The van der Waals surface area contributed by atoms with Gasteiger partial charge in [0.1, 0.15) is 19.6 Å². The highest BCUT2D eigenvalue weighted by Gasteiger charge is 2.28. The highest BCUT2D eigenvalue weighted by Crippen LogP contribution is 2.25. The van der Waals surface area contributed by atoms with Crippen molar-refractivity contribution in [3.8, 4) is 0 Å². The van der Waals surface area contributed by atoms with E-state index in [-0.39, 0.29) is 12.4 Å². The standard InChI is InChI=1S/C29H38N.ClH/c1-2-3-4-5-6-16-23-30(24-27-17-10-7-11-18-27,25-28-19-12-8-13-20-28)26-29-21-14-9-15-22-29;/h7-15,17-22H,2-6,16,23-26H2,1H3;1H/q+1;/p-1. The van der Waals surface area contributed by atoms with Gasteiger partial charge in [0.25, 0.3) is 0 Å². The fraction of sp³-hybridized carbons (Fsp3) is 0.379. The Balaban J connectivity index is 0.00000341. The van der Waals surface area contributed by atoms with E-state index in [0.717, 1.165) is 24.1 Å². The lowest BCUT2D eigenvalue weighted by Crippen LogP contribution is -3.00. The number of rotatable bonds is 13. The highest BCUT2D eigenvalue weighted by atomic mass is 35.5. The Labute approximate surface area is 196 Å². The zero-order valence-electron chi connectivity index (χ0n) is 19.1. The molecule has 0 aliphatic rings. The van der Waals surface area contributed by atoms with Gasteiger partial charge in [-0.1, -0.05) is 124 Å². The van der Waals surface area contributed by atoms with E-state index >= 15 is 0 Å². The summed E-state index contributed by atoms with van der Waals surface area (Å²) in [6.45, 7) is 6.77. The number of unbranched alkanes of at least 4 members (excludes halogenated alkanes) is 5. The monoisotopic (exact) mass is 435 g/mol. The molecule has 0 radical (unpaired) electrons. The third kappa shape index (κ3) is 8.89. The number of benzene rings is 3. The smallest absolute Gasteiger partial charge is 0.105 e. The van der Waals surface area contributed by atoms with E-state index in [1.54, 1.807) is 0 Å². The van der Waals surface area contributed by atoms with Crippen LogP contribution in [0.5, 0.6) is 0 Å². The molecule has 0 bridgehead atoms. The molecule has 0 fully saturated rings. The molecule has 0 heterocycles. The Hall–Kier alpha value is -2.09. The van der Waals surface area contributed by atoms with Crippen LogP contribution in [0.3, 0.4) is 0 Å². The molecule has 0 saturated carbocycles. The zero-order chi connectivity index (χ0) is 20.9. The molecule has 0 aliphatic carbocycles. The predicted molar refractivity (Wildman–Crippen MR) is 129 cm³/mol. The molecule has 0 atom stereocenters. The van der Waals surface area contributed by atoms with Gasteiger partial charge >= 0.3 is 0 Å². The normalized spacial score (nSPS) is 11.1. The van der Waals surface area contributed by atoms with Crippen molar-refractivity contribution in [2.75, 3.05) is 6.54 Å². The molecule has 0 aromatic heterocycles. The Kier molecular flexibility index (Phi) is 11.4. The van der Waals surface area contributed by atoms with E-state index in [0.29, 0.717) is 0 Å². The van der Waals surface area contributed by atoms with E-state index < -0.39 is 0 Å². The van der Waals surface area contributed by atoms with E-state index in [2.05, 4.69) is 97.9 Å². The van der Waals surface area contributed by atoms with Crippen LogP contribution in [0.4, 0.5) is 0 Å². The summed E-state index contributed by atoms with van der Waals surface area (Å²) in [5.41, 5.74) is 4.32. The summed E-state index contributed by atoms with van der Waals surface area (Å²) in [5, 5.41) is 0. The lowest BCUT2D eigenvalue weighted by atomic mass is 10.0. The first-order valence-corrected chi connectivity index (χ1v) is 11.8. The molecule has 1 nitrogen and oxygen atoms in total. The summed E-state index contributed by atoms with van der Waals surface area (Å²) in [5.74, 6) is 0. The number of halogens is 1. The molecule has 3 rings (SSSR count). The number of nitrogens with zero attached hydrogens (tertiary/aromatic N) is 1. The second-order valence-corrected chi connectivity index (χ2v) is 8.76. The molecule has 0 aliphatic heterocycles. The molecule has 2 heteroatoms. The van der Waals surface area contributed by atoms with Gasteiger partial charge in [0.15, 0.2) is 0 Å². The minimum Gasteiger partial charge on any atom is -1.00 e. The van der Waals surface area contributed by atoms with Crippen LogP contribution in [0, 0.1) is 0 Å². The van der Waals surface area contributed by atoms with Crippen molar-refractivity contribution < 1.29 is 16.9 Å². The summed E-state index contributed by atoms with van der Waals surface area (Å²) >= 11 is 0. The maximum atomic E-state index is 2.30. The first-order valence-electron chi connectivity index (χ1n) is 11.8. The second-order valence-electron chi connectivity index (χ2n) is 8.76. The van der Waals surface area contributed by atoms with Crippen molar-refractivity contribution in [3.63, 3.8) is 0 Å². The summed E-state index contributed by atoms with van der Waals surface area (Å²) in [7, 11) is 0. The fourth-order valence-electron chi connectivity index (χ4n) is 4.54. The van der Waals surface area contributed by atoms with Crippen LogP contribution in [-0.4, -0.2) is 11.0 Å². The largest absolute Gasteiger partial charge is 1.00 e. The molecule has 3 aromatic carbocycles. The van der Waals surface area contributed by atoms with Crippen molar-refractivity contribution >= 4 is 0 Å². The van der Waals surface area contributed by atoms with Crippen LogP contribution < -0.4 is 12.4 Å². The lowest BCUT2D eigenvalue weighted by Gasteiger charge is -2.39. The van der Waals surface area contributed by atoms with Gasteiger partial charge in [-0.05, 0) is 12.8 Å². The quantitative estimate of drug-likeness (QED) is 0.268. The van der Waals surface area contributed by atoms with Gasteiger partial charge in [-0.25, -0.2) is 0 Å². The van der Waals surface area contributed by atoms with E-state index in [1.807, 2.05) is 0 Å². The predicted octanol–water partition coefficient (Wildman–Crippen LogP) is 4.77. The van der Waals surface area contributed by atoms with E-state index in [9.17, 15) is 0 Å². The molecule has 0 saturated heterocycles. The van der Waals surface area contributed by atoms with Crippen LogP contribution in [0.1, 0.15) is 62.1 Å². The topological polar surface area (TPSA) is 0 Å². The van der Waals surface area contributed by atoms with Gasteiger partial charge in [0.2, 0.25) is 0 Å². The molecular weight excluding hydrogens is 398 g/mol. The first kappa shape index (κ1) is 25.2. The van der Waals surface area contributed by atoms with Crippen LogP contribution in [0.2, 0.25) is 0 Å². The van der Waals surface area contributed by atoms with Crippen LogP contribution in [0.25, 0.3) is 0 Å². The summed E-state index contributed by atoms with van der Waals surface area (Å²) in [6.07, 6.45) is 8.09. The van der Waals surface area contributed by atoms with Crippen LogP contribution in [-0.2, 0) is 19.6 Å². The maximum Gasteiger partial charge on any atom is 0.105 e. The number of hydrogen-bond acceptors (Lipinski definition) is 0. The zero-order valence-corrected chi connectivity index (χ0v) is 19.8. The van der Waals surface area contributed by atoms with Gasteiger partial charge in [-0.15, -0.1) is 0 Å². The first-order chi connectivity index (χ1) is 14.8. The number of quaternary nitrogens is 1. The minimum atomic E-state index is 0. The molecule has 166 valence electrons. The highest BCUT2D eigenvalue weighted by molar-refractivity contribution is 5.17. The molecule has 0 N–H and O–H groups in total. The average Bonchev–Trinajstić information content (AvgIpc) is 2.78. The minimum absolute atomic E-state index is 0. The van der Waals surface area contributed by atoms with Crippen molar-refractivity contribution in [1.82, 2.24) is 0 Å². The molecule has 0 amide bonds. The van der Waals surface area contributed by atoms with Crippen molar-refractivity contribution in [3.05, 3.63) is 108 Å². The van der Waals surface area contributed by atoms with Crippen molar-refractivity contribution in [1.29, 1.82) is 0 Å². The Morgan fingerprint density at radius 3 is 1.23 bits per heavy atom. The molecule has 0 unspecified atom stereocenters. The average molecular weight is 436 g/mol. The van der Waals surface area contributed by atoms with E-state index in [1.165, 1.54) is 61.8 Å². The Morgan fingerprint density at radius 2 is 0.839 bits per heavy atom. The van der Waals surface area contributed by atoms with Crippen molar-refractivity contribution in [2.45, 2.75) is 65.1 Å². The van der Waals surface area contributed by atoms with E-state index in [4.69, 9.17) is 0 Å². The molecule has 0 spiro atoms. The molecule has 31 heavy (non-hydrogen) atoms. The maximum absolute atomic E-state index is 2.30. The lowest BCUT2D eigenvalue weighted by molar-refractivity contribution is -0.966. The number of hydrogen-bond donors (Lipinski definition) is 0.